The highest BCUT2D eigenvalue weighted by Crippen LogP contribution is 2.21. The van der Waals surface area contributed by atoms with Crippen LogP contribution in [-0.2, 0) is 0 Å². The van der Waals surface area contributed by atoms with Gasteiger partial charge in [-0.25, -0.2) is 0 Å². The summed E-state index contributed by atoms with van der Waals surface area (Å²) in [6.45, 7) is 4.07. The second kappa shape index (κ2) is 3.70. The van der Waals surface area contributed by atoms with Crippen molar-refractivity contribution >= 4 is 10.8 Å². The molecule has 0 aliphatic heterocycles. The van der Waals surface area contributed by atoms with Crippen molar-refractivity contribution in [2.75, 3.05) is 0 Å². The quantitative estimate of drug-likeness (QED) is 0.696. The van der Waals surface area contributed by atoms with E-state index in [4.69, 9.17) is 4.74 Å². The average Bonchev–Trinajstić information content (AvgIpc) is 2.17. The SMILES string of the molecule is CC(C)Oc1ccc2ccccc2c1. The molecule has 14 heavy (non-hydrogen) atoms. The largest absolute Gasteiger partial charge is 0.491 e. The Morgan fingerprint density at radius 2 is 1.64 bits per heavy atom. The first-order chi connectivity index (χ1) is 6.75. The van der Waals surface area contributed by atoms with Crippen LogP contribution in [0.4, 0.5) is 0 Å². The normalized spacial score (nSPS) is 10.8. The minimum Gasteiger partial charge on any atom is -0.491 e. The molecule has 2 aromatic rings. The Balaban J connectivity index is 2.41. The monoisotopic (exact) mass is 186 g/mol. The maximum absolute atomic E-state index is 5.62. The molecule has 0 radical (unpaired) electrons. The predicted octanol–water partition coefficient (Wildman–Crippen LogP) is 3.63. The highest BCUT2D eigenvalue weighted by atomic mass is 16.5. The van der Waals surface area contributed by atoms with Gasteiger partial charge in [0.1, 0.15) is 5.75 Å². The number of benzene rings is 2. The first-order valence-corrected chi connectivity index (χ1v) is 4.91. The van der Waals surface area contributed by atoms with Crippen molar-refractivity contribution in [1.82, 2.24) is 0 Å². The van der Waals surface area contributed by atoms with Crippen molar-refractivity contribution in [3.05, 3.63) is 42.5 Å². The smallest absolute Gasteiger partial charge is 0.120 e. The van der Waals surface area contributed by atoms with Gasteiger partial charge in [-0.2, -0.15) is 0 Å². The number of hydrogen-bond acceptors (Lipinski definition) is 1. The van der Waals surface area contributed by atoms with Gasteiger partial charge in [0.15, 0.2) is 0 Å². The molecule has 0 heterocycles. The van der Waals surface area contributed by atoms with Gasteiger partial charge in [0.25, 0.3) is 0 Å². The second-order valence-electron chi connectivity index (χ2n) is 3.68. The summed E-state index contributed by atoms with van der Waals surface area (Å²) in [5.41, 5.74) is 0. The Kier molecular flexibility index (Phi) is 2.40. The Morgan fingerprint density at radius 3 is 2.36 bits per heavy atom. The standard InChI is InChI=1S/C13H14O/c1-10(2)14-13-8-7-11-5-3-4-6-12(11)9-13/h3-10H,1-2H3. The van der Waals surface area contributed by atoms with Gasteiger partial charge >= 0.3 is 0 Å². The molecule has 0 spiro atoms. The molecule has 1 nitrogen and oxygen atoms in total. The predicted molar refractivity (Wildman–Crippen MR) is 59.7 cm³/mol. The van der Waals surface area contributed by atoms with E-state index in [0.717, 1.165) is 5.75 Å². The molecular weight excluding hydrogens is 172 g/mol. The van der Waals surface area contributed by atoms with Crippen LogP contribution in [0, 0.1) is 0 Å². The lowest BCUT2D eigenvalue weighted by molar-refractivity contribution is 0.243. The molecule has 0 unspecified atom stereocenters. The van der Waals surface area contributed by atoms with Crippen molar-refractivity contribution in [2.24, 2.45) is 0 Å². The molecule has 2 rings (SSSR count). The third-order valence-corrected chi connectivity index (χ3v) is 2.09. The van der Waals surface area contributed by atoms with Crippen LogP contribution in [0.3, 0.4) is 0 Å². The number of rotatable bonds is 2. The van der Waals surface area contributed by atoms with Crippen LogP contribution in [-0.4, -0.2) is 6.10 Å². The zero-order chi connectivity index (χ0) is 9.97. The fraction of sp³-hybridized carbons (Fsp3) is 0.231. The van der Waals surface area contributed by atoms with E-state index < -0.39 is 0 Å². The van der Waals surface area contributed by atoms with Crippen LogP contribution >= 0.6 is 0 Å². The number of ether oxygens (including phenoxy) is 1. The molecule has 1 heteroatoms. The minimum atomic E-state index is 0.233. The molecule has 0 atom stereocenters. The van der Waals surface area contributed by atoms with E-state index in [9.17, 15) is 0 Å². The van der Waals surface area contributed by atoms with E-state index in [2.05, 4.69) is 24.3 Å². The molecule has 0 aromatic heterocycles. The van der Waals surface area contributed by atoms with Crippen molar-refractivity contribution in [3.63, 3.8) is 0 Å². The molecule has 0 aliphatic rings. The summed E-state index contributed by atoms with van der Waals surface area (Å²) in [6.07, 6.45) is 0.233. The first kappa shape index (κ1) is 9.07. The Labute approximate surface area is 84.3 Å². The zero-order valence-corrected chi connectivity index (χ0v) is 8.53. The summed E-state index contributed by atoms with van der Waals surface area (Å²) < 4.78 is 5.62. The summed E-state index contributed by atoms with van der Waals surface area (Å²) in [7, 11) is 0. The van der Waals surface area contributed by atoms with E-state index in [1.807, 2.05) is 32.0 Å². The molecule has 0 fully saturated rings. The molecule has 0 amide bonds. The summed E-state index contributed by atoms with van der Waals surface area (Å²) in [5, 5.41) is 2.48. The highest BCUT2D eigenvalue weighted by Gasteiger charge is 1.98. The van der Waals surface area contributed by atoms with Gasteiger partial charge in [-0.15, -0.1) is 0 Å². The van der Waals surface area contributed by atoms with Crippen LogP contribution < -0.4 is 4.74 Å². The summed E-state index contributed by atoms with van der Waals surface area (Å²) in [6, 6.07) is 14.5. The van der Waals surface area contributed by atoms with Crippen LogP contribution in [0.5, 0.6) is 5.75 Å². The van der Waals surface area contributed by atoms with Gasteiger partial charge in [-0.3, -0.25) is 0 Å². The molecule has 72 valence electrons. The highest BCUT2D eigenvalue weighted by molar-refractivity contribution is 5.83. The van der Waals surface area contributed by atoms with Gasteiger partial charge in [0.2, 0.25) is 0 Å². The number of hydrogen-bond donors (Lipinski definition) is 0. The fourth-order valence-electron chi connectivity index (χ4n) is 1.51. The van der Waals surface area contributed by atoms with Crippen molar-refractivity contribution in [2.45, 2.75) is 20.0 Å². The average molecular weight is 186 g/mol. The van der Waals surface area contributed by atoms with Gasteiger partial charge in [-0.1, -0.05) is 30.3 Å². The van der Waals surface area contributed by atoms with Gasteiger partial charge in [0, 0.05) is 0 Å². The fourth-order valence-corrected chi connectivity index (χ4v) is 1.51. The lowest BCUT2D eigenvalue weighted by atomic mass is 10.1. The molecule has 0 saturated heterocycles. The minimum absolute atomic E-state index is 0.233. The van der Waals surface area contributed by atoms with Crippen molar-refractivity contribution < 1.29 is 4.74 Å². The lowest BCUT2D eigenvalue weighted by Gasteiger charge is -2.09. The molecule has 0 N–H and O–H groups in total. The Hall–Kier alpha value is -1.50. The van der Waals surface area contributed by atoms with E-state index in [0.29, 0.717) is 0 Å². The van der Waals surface area contributed by atoms with Crippen LogP contribution in [0.25, 0.3) is 10.8 Å². The molecule has 2 aromatic carbocycles. The third-order valence-electron chi connectivity index (χ3n) is 2.09. The molecule has 0 bridgehead atoms. The summed E-state index contributed by atoms with van der Waals surface area (Å²) in [5.74, 6) is 0.943. The van der Waals surface area contributed by atoms with Crippen LogP contribution in [0.2, 0.25) is 0 Å². The lowest BCUT2D eigenvalue weighted by Crippen LogP contribution is -2.05. The zero-order valence-electron chi connectivity index (χ0n) is 8.53. The van der Waals surface area contributed by atoms with Gasteiger partial charge < -0.3 is 4.74 Å². The Bertz CT molecular complexity index is 432. The van der Waals surface area contributed by atoms with Crippen molar-refractivity contribution in [3.8, 4) is 5.75 Å². The first-order valence-electron chi connectivity index (χ1n) is 4.91. The van der Waals surface area contributed by atoms with Gasteiger partial charge in [-0.05, 0) is 36.8 Å². The summed E-state index contributed by atoms with van der Waals surface area (Å²) in [4.78, 5) is 0. The van der Waals surface area contributed by atoms with Crippen LogP contribution in [0.15, 0.2) is 42.5 Å². The molecule has 0 aliphatic carbocycles. The second-order valence-corrected chi connectivity index (χ2v) is 3.68. The van der Waals surface area contributed by atoms with Crippen LogP contribution in [0.1, 0.15) is 13.8 Å². The van der Waals surface area contributed by atoms with Crippen molar-refractivity contribution in [1.29, 1.82) is 0 Å². The maximum atomic E-state index is 5.62. The third kappa shape index (κ3) is 1.87. The van der Waals surface area contributed by atoms with E-state index in [1.54, 1.807) is 0 Å². The molecular formula is C13H14O. The van der Waals surface area contributed by atoms with E-state index >= 15 is 0 Å². The number of fused-ring (bicyclic) bond motifs is 1. The molecule has 0 saturated carbocycles. The Morgan fingerprint density at radius 1 is 0.929 bits per heavy atom. The topological polar surface area (TPSA) is 9.23 Å². The maximum Gasteiger partial charge on any atom is 0.120 e. The summed E-state index contributed by atoms with van der Waals surface area (Å²) >= 11 is 0. The van der Waals surface area contributed by atoms with Gasteiger partial charge in [0.05, 0.1) is 6.10 Å². The van der Waals surface area contributed by atoms with E-state index in [1.165, 1.54) is 10.8 Å². The van der Waals surface area contributed by atoms with E-state index in [-0.39, 0.29) is 6.10 Å².